The lowest BCUT2D eigenvalue weighted by molar-refractivity contribution is 0.349. The van der Waals surface area contributed by atoms with Gasteiger partial charge in [-0.25, -0.2) is 0 Å². The van der Waals surface area contributed by atoms with Gasteiger partial charge < -0.3 is 0 Å². The van der Waals surface area contributed by atoms with E-state index in [1.165, 1.54) is 0 Å². The van der Waals surface area contributed by atoms with E-state index in [0.717, 1.165) is 31.9 Å². The van der Waals surface area contributed by atoms with E-state index >= 15 is 0 Å². The maximum atomic E-state index is 9.76. The predicted octanol–water partition coefficient (Wildman–Crippen LogP) is 2.68. The van der Waals surface area contributed by atoms with Crippen molar-refractivity contribution in [3.05, 3.63) is 25.0 Å². The Morgan fingerprint density at radius 1 is 1.22 bits per heavy atom. The predicted molar refractivity (Wildman–Crippen MR) is 38.5 cm³/mol. The summed E-state index contributed by atoms with van der Waals surface area (Å²) in [6.45, 7) is 3.60. The van der Waals surface area contributed by atoms with Crippen LogP contribution < -0.4 is 0 Å². The van der Waals surface area contributed by atoms with Crippen molar-refractivity contribution in [3.63, 3.8) is 0 Å². The van der Waals surface area contributed by atoms with E-state index in [2.05, 4.69) is 6.58 Å². The van der Waals surface area contributed by atoms with Crippen LogP contribution in [-0.2, 0) is 5.11 Å². The zero-order chi connectivity index (χ0) is 6.95. The lowest BCUT2D eigenvalue weighted by Gasteiger charge is -1.89. The molecule has 0 heterocycles. The topological polar surface area (TPSA) is 19.9 Å². The Balaban J connectivity index is 2.82. The van der Waals surface area contributed by atoms with Crippen molar-refractivity contribution in [1.29, 1.82) is 0 Å². The summed E-state index contributed by atoms with van der Waals surface area (Å²) in [4.78, 5) is 0. The standard InChI is InChI=1S/C8H13O/c1-2-3-4-5-6-7-8-9/h2,7-8H,1,3-6H2. The van der Waals surface area contributed by atoms with Gasteiger partial charge in [0.05, 0.1) is 0 Å². The fourth-order valence-electron chi connectivity index (χ4n) is 0.619. The van der Waals surface area contributed by atoms with Crippen molar-refractivity contribution < 1.29 is 5.11 Å². The van der Waals surface area contributed by atoms with Crippen molar-refractivity contribution in [2.24, 2.45) is 0 Å². The quantitative estimate of drug-likeness (QED) is 0.306. The Labute approximate surface area is 56.7 Å². The second kappa shape index (κ2) is 7.28. The third-order valence-corrected chi connectivity index (χ3v) is 1.13. The minimum atomic E-state index is 0.855. The molecule has 0 bridgehead atoms. The molecule has 0 aromatic carbocycles. The first kappa shape index (κ1) is 8.28. The van der Waals surface area contributed by atoms with Crippen LogP contribution in [0.3, 0.4) is 0 Å². The molecule has 0 saturated heterocycles. The maximum Gasteiger partial charge on any atom is 0.138 e. The van der Waals surface area contributed by atoms with Crippen LogP contribution in [0.25, 0.3) is 0 Å². The van der Waals surface area contributed by atoms with E-state index in [9.17, 15) is 5.11 Å². The van der Waals surface area contributed by atoms with Gasteiger partial charge in [-0.05, 0) is 31.8 Å². The monoisotopic (exact) mass is 125 g/mol. The SMILES string of the molecule is C=CCCCCC=C[O]. The molecule has 0 rings (SSSR count). The van der Waals surface area contributed by atoms with Crippen molar-refractivity contribution >= 4 is 0 Å². The molecule has 0 aliphatic carbocycles. The van der Waals surface area contributed by atoms with Crippen LogP contribution in [-0.4, -0.2) is 0 Å². The third kappa shape index (κ3) is 7.28. The molecule has 1 heteroatoms. The van der Waals surface area contributed by atoms with Gasteiger partial charge >= 0.3 is 0 Å². The van der Waals surface area contributed by atoms with Gasteiger partial charge in [0.1, 0.15) is 6.26 Å². The van der Waals surface area contributed by atoms with E-state index in [1.807, 2.05) is 6.08 Å². The van der Waals surface area contributed by atoms with Gasteiger partial charge in [0.15, 0.2) is 0 Å². The van der Waals surface area contributed by atoms with Crippen molar-refractivity contribution in [3.8, 4) is 0 Å². The molecule has 9 heavy (non-hydrogen) atoms. The second-order valence-electron chi connectivity index (χ2n) is 1.94. The zero-order valence-electron chi connectivity index (χ0n) is 5.68. The molecule has 51 valence electrons. The van der Waals surface area contributed by atoms with Gasteiger partial charge in [0, 0.05) is 0 Å². The van der Waals surface area contributed by atoms with Crippen molar-refractivity contribution in [2.75, 3.05) is 0 Å². The highest BCUT2D eigenvalue weighted by Gasteiger charge is 1.81. The van der Waals surface area contributed by atoms with E-state index < -0.39 is 0 Å². The summed E-state index contributed by atoms with van der Waals surface area (Å²) in [6, 6.07) is 0. The summed E-state index contributed by atoms with van der Waals surface area (Å²) in [7, 11) is 0. The first-order valence-electron chi connectivity index (χ1n) is 3.29. The van der Waals surface area contributed by atoms with E-state index in [0.29, 0.717) is 0 Å². The summed E-state index contributed by atoms with van der Waals surface area (Å²) in [5, 5.41) is 9.76. The Morgan fingerprint density at radius 2 is 1.89 bits per heavy atom. The average Bonchev–Trinajstić information content (AvgIpc) is 1.89. The van der Waals surface area contributed by atoms with Crippen LogP contribution >= 0.6 is 0 Å². The lowest BCUT2D eigenvalue weighted by Crippen LogP contribution is -1.70. The number of hydrogen-bond acceptors (Lipinski definition) is 0. The minimum Gasteiger partial charge on any atom is -0.299 e. The molecule has 0 aliphatic heterocycles. The second-order valence-corrected chi connectivity index (χ2v) is 1.94. The molecule has 0 atom stereocenters. The molecule has 0 aromatic rings. The molecule has 0 amide bonds. The molecule has 1 nitrogen and oxygen atoms in total. The van der Waals surface area contributed by atoms with E-state index in [1.54, 1.807) is 6.08 Å². The van der Waals surface area contributed by atoms with Gasteiger partial charge in [-0.1, -0.05) is 6.08 Å². The number of allylic oxidation sites excluding steroid dienone is 2. The summed E-state index contributed by atoms with van der Waals surface area (Å²) < 4.78 is 0. The normalized spacial score (nSPS) is 10.2. The van der Waals surface area contributed by atoms with Crippen LogP contribution in [0.15, 0.2) is 25.0 Å². The summed E-state index contributed by atoms with van der Waals surface area (Å²) in [5.41, 5.74) is 0. The summed E-state index contributed by atoms with van der Waals surface area (Å²) in [5.74, 6) is 0. The zero-order valence-corrected chi connectivity index (χ0v) is 5.68. The largest absolute Gasteiger partial charge is 0.299 e. The molecule has 0 aromatic heterocycles. The van der Waals surface area contributed by atoms with Gasteiger partial charge in [0.25, 0.3) is 0 Å². The molecule has 0 N–H and O–H groups in total. The molecule has 1 radical (unpaired) electrons. The average molecular weight is 125 g/mol. The lowest BCUT2D eigenvalue weighted by atomic mass is 10.2. The van der Waals surface area contributed by atoms with Crippen LogP contribution in [0.4, 0.5) is 0 Å². The van der Waals surface area contributed by atoms with Crippen LogP contribution in [0.5, 0.6) is 0 Å². The molecular formula is C8H13O. The Bertz CT molecular complexity index is 84.6. The molecular weight excluding hydrogens is 112 g/mol. The van der Waals surface area contributed by atoms with Crippen LogP contribution in [0.1, 0.15) is 25.7 Å². The van der Waals surface area contributed by atoms with E-state index in [4.69, 9.17) is 0 Å². The molecule has 0 spiro atoms. The first-order valence-corrected chi connectivity index (χ1v) is 3.29. The summed E-state index contributed by atoms with van der Waals surface area (Å²) >= 11 is 0. The number of unbranched alkanes of at least 4 members (excludes halogenated alkanes) is 3. The Kier molecular flexibility index (Phi) is 6.70. The van der Waals surface area contributed by atoms with Crippen molar-refractivity contribution in [2.45, 2.75) is 25.7 Å². The molecule has 0 unspecified atom stereocenters. The van der Waals surface area contributed by atoms with Crippen LogP contribution in [0.2, 0.25) is 0 Å². The fourth-order valence-corrected chi connectivity index (χ4v) is 0.619. The Hall–Kier alpha value is -0.720. The smallest absolute Gasteiger partial charge is 0.138 e. The molecule has 0 saturated carbocycles. The number of hydrogen-bond donors (Lipinski definition) is 0. The first-order chi connectivity index (χ1) is 4.41. The van der Waals surface area contributed by atoms with Gasteiger partial charge in [-0.15, -0.1) is 6.58 Å². The van der Waals surface area contributed by atoms with Crippen LogP contribution in [0, 0.1) is 0 Å². The van der Waals surface area contributed by atoms with Gasteiger partial charge in [0.2, 0.25) is 0 Å². The van der Waals surface area contributed by atoms with Gasteiger partial charge in [-0.3, -0.25) is 5.11 Å². The fraction of sp³-hybridized carbons (Fsp3) is 0.500. The highest BCUT2D eigenvalue weighted by Crippen LogP contribution is 1.99. The van der Waals surface area contributed by atoms with E-state index in [-0.39, 0.29) is 0 Å². The molecule has 0 fully saturated rings. The number of rotatable bonds is 5. The highest BCUT2D eigenvalue weighted by atomic mass is 16.2. The Morgan fingerprint density at radius 3 is 2.44 bits per heavy atom. The third-order valence-electron chi connectivity index (χ3n) is 1.13. The van der Waals surface area contributed by atoms with Gasteiger partial charge in [-0.2, -0.15) is 0 Å². The van der Waals surface area contributed by atoms with Crippen molar-refractivity contribution in [1.82, 2.24) is 0 Å². The minimum absolute atomic E-state index is 0.855. The summed E-state index contributed by atoms with van der Waals surface area (Å²) in [6.07, 6.45) is 8.64. The maximum absolute atomic E-state index is 9.76. The highest BCUT2D eigenvalue weighted by molar-refractivity contribution is 4.72. The molecule has 0 aliphatic rings.